The van der Waals surface area contributed by atoms with Crippen molar-refractivity contribution < 1.29 is 20.0 Å². The number of carbonyl (C=O) groups is 1. The predicted octanol–water partition coefficient (Wildman–Crippen LogP) is 6.03. The molecule has 24 heavy (non-hydrogen) atoms. The first-order chi connectivity index (χ1) is 11.7. The molecule has 136 valence electrons. The maximum absolute atomic E-state index is 10.4. The van der Waals surface area contributed by atoms with Crippen molar-refractivity contribution in [2.75, 3.05) is 0 Å². The topological polar surface area (TPSA) is 66.8 Å². The maximum Gasteiger partial charge on any atom is 0.303 e. The lowest BCUT2D eigenvalue weighted by molar-refractivity contribution is -0.204. The van der Waals surface area contributed by atoms with Crippen LogP contribution in [0.1, 0.15) is 71.1 Å². The summed E-state index contributed by atoms with van der Waals surface area (Å²) in [4.78, 5) is 14.7. The Bertz CT molecular complexity index is 419. The molecule has 2 N–H and O–H groups in total. The highest BCUT2D eigenvalue weighted by Crippen LogP contribution is 2.07. The van der Waals surface area contributed by atoms with Crippen LogP contribution in [0.5, 0.6) is 0 Å². The average molecular weight is 336 g/mol. The maximum atomic E-state index is 10.4. The van der Waals surface area contributed by atoms with Crippen LogP contribution in [-0.2, 0) is 9.68 Å². The summed E-state index contributed by atoms with van der Waals surface area (Å²) in [5.41, 5.74) is 0. The molecule has 0 aliphatic carbocycles. The fourth-order valence-corrected chi connectivity index (χ4v) is 2.04. The van der Waals surface area contributed by atoms with Crippen molar-refractivity contribution in [2.24, 2.45) is 0 Å². The minimum absolute atomic E-state index is 0.197. The van der Waals surface area contributed by atoms with Gasteiger partial charge in [0.05, 0.1) is 0 Å². The third-order valence-electron chi connectivity index (χ3n) is 3.43. The average Bonchev–Trinajstić information content (AvgIpc) is 2.57. The van der Waals surface area contributed by atoms with Crippen LogP contribution in [0, 0.1) is 0 Å². The van der Waals surface area contributed by atoms with Crippen LogP contribution < -0.4 is 0 Å². The van der Waals surface area contributed by atoms with Crippen LogP contribution in [0.15, 0.2) is 48.3 Å². The number of aliphatic carboxylic acids is 1. The normalized spacial score (nSPS) is 12.7. The summed E-state index contributed by atoms with van der Waals surface area (Å²) in [6, 6.07) is 0. The van der Waals surface area contributed by atoms with Gasteiger partial charge >= 0.3 is 5.97 Å². The lowest BCUT2D eigenvalue weighted by Gasteiger charge is -1.98. The fraction of sp³-hybridized carbons (Fsp3) is 0.550. The Morgan fingerprint density at radius 1 is 0.917 bits per heavy atom. The zero-order valence-electron chi connectivity index (χ0n) is 14.8. The van der Waals surface area contributed by atoms with E-state index in [1.54, 1.807) is 0 Å². The van der Waals surface area contributed by atoms with Crippen molar-refractivity contribution in [3.63, 3.8) is 0 Å². The molecule has 0 amide bonds. The Morgan fingerprint density at radius 2 is 1.58 bits per heavy atom. The molecule has 0 spiro atoms. The number of carboxylic acid groups (broad SMARTS) is 1. The summed E-state index contributed by atoms with van der Waals surface area (Å²) in [6.45, 7) is 2.20. The second kappa shape index (κ2) is 17.5. The van der Waals surface area contributed by atoms with Gasteiger partial charge in [0.15, 0.2) is 0 Å². The Hall–Kier alpha value is -1.81. The predicted molar refractivity (Wildman–Crippen MR) is 98.7 cm³/mol. The van der Waals surface area contributed by atoms with Crippen molar-refractivity contribution in [2.45, 2.75) is 71.1 Å². The van der Waals surface area contributed by atoms with Gasteiger partial charge in [-0.2, -0.15) is 0 Å². The summed E-state index contributed by atoms with van der Waals surface area (Å²) in [7, 11) is 0. The van der Waals surface area contributed by atoms with Crippen LogP contribution >= 0.6 is 0 Å². The van der Waals surface area contributed by atoms with Crippen LogP contribution in [0.4, 0.5) is 0 Å². The SMILES string of the molecule is CCCCCC=CCC=CCC(=CCC=CCCCC(=O)O)OO. The van der Waals surface area contributed by atoms with E-state index in [1.165, 1.54) is 19.3 Å². The number of carboxylic acids is 1. The molecular weight excluding hydrogens is 304 g/mol. The van der Waals surface area contributed by atoms with Gasteiger partial charge in [0.1, 0.15) is 5.76 Å². The molecule has 0 fully saturated rings. The quantitative estimate of drug-likeness (QED) is 0.126. The standard InChI is InChI=1S/C20H32O4/c1-2-3-4-5-6-7-8-10-13-16-19(24-23)17-14-11-9-12-15-18-20(21)22/h6-7,9-11,13,17,23H,2-5,8,12,14-16,18H2,1H3,(H,21,22). The summed E-state index contributed by atoms with van der Waals surface area (Å²) >= 11 is 0. The molecule has 0 aliphatic heterocycles. The van der Waals surface area contributed by atoms with Gasteiger partial charge in [0.25, 0.3) is 0 Å². The van der Waals surface area contributed by atoms with Crippen LogP contribution in [-0.4, -0.2) is 16.3 Å². The first-order valence-corrected chi connectivity index (χ1v) is 8.88. The fourth-order valence-electron chi connectivity index (χ4n) is 2.04. The number of unbranched alkanes of at least 4 members (excludes halogenated alkanes) is 4. The summed E-state index contributed by atoms with van der Waals surface area (Å²) in [5.74, 6) is -0.241. The Kier molecular flexibility index (Phi) is 16.2. The second-order valence-corrected chi connectivity index (χ2v) is 5.63. The van der Waals surface area contributed by atoms with Gasteiger partial charge in [-0.05, 0) is 44.6 Å². The molecule has 0 unspecified atom stereocenters. The van der Waals surface area contributed by atoms with Crippen molar-refractivity contribution in [1.82, 2.24) is 0 Å². The molecule has 0 bridgehead atoms. The Morgan fingerprint density at radius 3 is 2.25 bits per heavy atom. The van der Waals surface area contributed by atoms with Crippen LogP contribution in [0.3, 0.4) is 0 Å². The van der Waals surface area contributed by atoms with Gasteiger partial charge in [-0.15, -0.1) is 0 Å². The van der Waals surface area contributed by atoms with Gasteiger partial charge in [-0.1, -0.05) is 56.2 Å². The van der Waals surface area contributed by atoms with Crippen molar-refractivity contribution in [1.29, 1.82) is 0 Å². The van der Waals surface area contributed by atoms with Crippen LogP contribution in [0.2, 0.25) is 0 Å². The number of hydrogen-bond acceptors (Lipinski definition) is 3. The Labute approximate surface area is 146 Å². The molecule has 0 aromatic heterocycles. The molecule has 0 saturated carbocycles. The molecule has 0 aromatic carbocycles. The Balaban J connectivity index is 3.82. The summed E-state index contributed by atoms with van der Waals surface area (Å²) in [5, 5.41) is 17.4. The molecule has 0 heterocycles. The largest absolute Gasteiger partial charge is 0.481 e. The third-order valence-corrected chi connectivity index (χ3v) is 3.43. The minimum Gasteiger partial charge on any atom is -0.481 e. The van der Waals surface area contributed by atoms with E-state index in [0.29, 0.717) is 25.0 Å². The second-order valence-electron chi connectivity index (χ2n) is 5.63. The highest BCUT2D eigenvalue weighted by Gasteiger charge is 1.94. The number of rotatable bonds is 15. The van der Waals surface area contributed by atoms with Crippen molar-refractivity contribution in [3.8, 4) is 0 Å². The van der Waals surface area contributed by atoms with E-state index >= 15 is 0 Å². The molecular formula is C20H32O4. The van der Waals surface area contributed by atoms with E-state index in [4.69, 9.17) is 10.4 Å². The molecule has 4 nitrogen and oxygen atoms in total. The molecule has 0 radical (unpaired) electrons. The van der Waals surface area contributed by atoms with Gasteiger partial charge in [0.2, 0.25) is 0 Å². The molecule has 0 saturated heterocycles. The van der Waals surface area contributed by atoms with Crippen molar-refractivity contribution in [3.05, 3.63) is 48.3 Å². The van der Waals surface area contributed by atoms with Gasteiger partial charge in [-0.3, -0.25) is 4.79 Å². The van der Waals surface area contributed by atoms with Gasteiger partial charge in [0, 0.05) is 12.8 Å². The third kappa shape index (κ3) is 16.6. The van der Waals surface area contributed by atoms with E-state index in [1.807, 2.05) is 24.3 Å². The highest BCUT2D eigenvalue weighted by atomic mass is 17.1. The first kappa shape index (κ1) is 22.2. The molecule has 4 heteroatoms. The smallest absolute Gasteiger partial charge is 0.303 e. The number of hydrogen-bond donors (Lipinski definition) is 2. The number of allylic oxidation sites excluding steroid dienone is 7. The summed E-state index contributed by atoms with van der Waals surface area (Å²) in [6.07, 6.45) is 22.8. The summed E-state index contributed by atoms with van der Waals surface area (Å²) < 4.78 is 0. The molecule has 0 rings (SSSR count). The van der Waals surface area contributed by atoms with Crippen molar-refractivity contribution >= 4 is 5.97 Å². The lowest BCUT2D eigenvalue weighted by Crippen LogP contribution is -1.92. The van der Waals surface area contributed by atoms with E-state index < -0.39 is 5.97 Å². The molecule has 0 atom stereocenters. The zero-order chi connectivity index (χ0) is 17.9. The lowest BCUT2D eigenvalue weighted by atomic mass is 10.2. The van der Waals surface area contributed by atoms with E-state index in [-0.39, 0.29) is 6.42 Å². The first-order valence-electron chi connectivity index (χ1n) is 8.88. The zero-order valence-corrected chi connectivity index (χ0v) is 14.8. The van der Waals surface area contributed by atoms with Gasteiger partial charge < -0.3 is 9.99 Å². The van der Waals surface area contributed by atoms with E-state index in [0.717, 1.165) is 19.3 Å². The van der Waals surface area contributed by atoms with Crippen LogP contribution in [0.25, 0.3) is 0 Å². The monoisotopic (exact) mass is 336 g/mol. The van der Waals surface area contributed by atoms with E-state index in [9.17, 15) is 4.79 Å². The minimum atomic E-state index is -0.762. The highest BCUT2D eigenvalue weighted by molar-refractivity contribution is 5.66. The molecule has 0 aromatic rings. The van der Waals surface area contributed by atoms with E-state index in [2.05, 4.69) is 30.0 Å². The molecule has 0 aliphatic rings. The van der Waals surface area contributed by atoms with Gasteiger partial charge in [-0.25, -0.2) is 5.26 Å².